The van der Waals surface area contributed by atoms with Crippen molar-refractivity contribution in [1.29, 1.82) is 0 Å². The Balaban J connectivity index is 1.58. The number of ether oxygens (including phenoxy) is 1. The number of anilines is 1. The number of carbonyl (C=O) groups excluding carboxylic acids is 2. The molecule has 3 rings (SSSR count). The van der Waals surface area contributed by atoms with Gasteiger partial charge in [-0.25, -0.2) is 13.6 Å². The lowest BCUT2D eigenvalue weighted by Crippen LogP contribution is -2.30. The number of carbonyl (C=O) groups is 2. The zero-order valence-corrected chi connectivity index (χ0v) is 14.8. The van der Waals surface area contributed by atoms with E-state index in [4.69, 9.17) is 9.15 Å². The van der Waals surface area contributed by atoms with Crippen LogP contribution in [-0.2, 0) is 20.9 Å². The average Bonchev–Trinajstić information content (AvgIpc) is 2.98. The average molecular weight is 390 g/mol. The van der Waals surface area contributed by atoms with Gasteiger partial charge >= 0.3 is 11.7 Å². The molecule has 28 heavy (non-hydrogen) atoms. The Morgan fingerprint density at radius 3 is 2.75 bits per heavy atom. The van der Waals surface area contributed by atoms with Crippen molar-refractivity contribution < 1.29 is 27.5 Å². The molecule has 0 aliphatic heterocycles. The van der Waals surface area contributed by atoms with E-state index in [1.165, 1.54) is 11.5 Å². The molecule has 0 saturated heterocycles. The molecule has 146 valence electrons. The molecule has 7 nitrogen and oxygen atoms in total. The van der Waals surface area contributed by atoms with Crippen LogP contribution >= 0.6 is 0 Å². The molecule has 1 atom stereocenters. The van der Waals surface area contributed by atoms with Crippen molar-refractivity contribution in [3.05, 3.63) is 64.6 Å². The van der Waals surface area contributed by atoms with Crippen LogP contribution in [0.25, 0.3) is 11.1 Å². The van der Waals surface area contributed by atoms with Gasteiger partial charge in [-0.05, 0) is 31.2 Å². The Bertz CT molecular complexity index is 1090. The molecular weight excluding hydrogens is 374 g/mol. The van der Waals surface area contributed by atoms with Gasteiger partial charge in [-0.15, -0.1) is 0 Å². The molecule has 0 saturated carbocycles. The molecule has 2 aromatic carbocycles. The monoisotopic (exact) mass is 390 g/mol. The smallest absolute Gasteiger partial charge is 0.419 e. The van der Waals surface area contributed by atoms with Gasteiger partial charge in [0.1, 0.15) is 11.6 Å². The molecule has 0 spiro atoms. The fourth-order valence-electron chi connectivity index (χ4n) is 2.57. The van der Waals surface area contributed by atoms with Gasteiger partial charge in [-0.2, -0.15) is 0 Å². The van der Waals surface area contributed by atoms with E-state index in [9.17, 15) is 23.2 Å². The molecule has 1 N–H and O–H groups in total. The van der Waals surface area contributed by atoms with E-state index in [1.807, 2.05) is 0 Å². The molecule has 3 aromatic rings. The van der Waals surface area contributed by atoms with Crippen molar-refractivity contribution in [2.45, 2.75) is 26.0 Å². The Morgan fingerprint density at radius 1 is 1.21 bits per heavy atom. The van der Waals surface area contributed by atoms with Crippen molar-refractivity contribution in [3.63, 3.8) is 0 Å². The highest BCUT2D eigenvalue weighted by atomic mass is 19.1. The topological polar surface area (TPSA) is 90.5 Å². The molecule has 0 bridgehead atoms. The van der Waals surface area contributed by atoms with Crippen molar-refractivity contribution >= 4 is 28.7 Å². The lowest BCUT2D eigenvalue weighted by Gasteiger charge is -2.14. The van der Waals surface area contributed by atoms with E-state index in [0.717, 1.165) is 18.2 Å². The fraction of sp³-hybridized carbons (Fsp3) is 0.211. The number of nitrogens with zero attached hydrogens (tertiary/aromatic N) is 1. The predicted molar refractivity (Wildman–Crippen MR) is 95.6 cm³/mol. The standard InChI is InChI=1S/C19H16F2N2O5/c1-11(18(25)22-14-10-12(20)6-7-13(14)21)27-17(24)8-9-23-15-4-2-3-5-16(15)28-19(23)26/h2-7,10-11H,8-9H2,1H3,(H,22,25)/t11-/m1/s1. The summed E-state index contributed by atoms with van der Waals surface area (Å²) in [6.07, 6.45) is -1.43. The second kappa shape index (κ2) is 8.03. The summed E-state index contributed by atoms with van der Waals surface area (Å²) in [6, 6.07) is 9.34. The summed E-state index contributed by atoms with van der Waals surface area (Å²) in [5.41, 5.74) is 0.572. The summed E-state index contributed by atoms with van der Waals surface area (Å²) in [4.78, 5) is 35.9. The highest BCUT2D eigenvalue weighted by Crippen LogP contribution is 2.16. The highest BCUT2D eigenvalue weighted by Gasteiger charge is 2.20. The molecule has 0 fully saturated rings. The first kappa shape index (κ1) is 19.3. The molecule has 1 amide bonds. The maximum absolute atomic E-state index is 13.6. The lowest BCUT2D eigenvalue weighted by atomic mass is 10.2. The third-order valence-electron chi connectivity index (χ3n) is 3.98. The Kier molecular flexibility index (Phi) is 5.53. The van der Waals surface area contributed by atoms with Crippen LogP contribution in [-0.4, -0.2) is 22.5 Å². The number of hydrogen-bond acceptors (Lipinski definition) is 5. The largest absolute Gasteiger partial charge is 0.452 e. The van der Waals surface area contributed by atoms with Crippen molar-refractivity contribution in [1.82, 2.24) is 4.57 Å². The minimum atomic E-state index is -1.24. The zero-order chi connectivity index (χ0) is 20.3. The van der Waals surface area contributed by atoms with Gasteiger partial charge in [0, 0.05) is 12.6 Å². The third kappa shape index (κ3) is 4.25. The summed E-state index contributed by atoms with van der Waals surface area (Å²) in [6.45, 7) is 1.30. The molecule has 1 heterocycles. The number of oxazole rings is 1. The van der Waals surface area contributed by atoms with Gasteiger partial charge in [0.15, 0.2) is 11.7 Å². The number of rotatable bonds is 6. The number of hydrogen-bond donors (Lipinski definition) is 1. The number of aryl methyl sites for hydroxylation is 1. The van der Waals surface area contributed by atoms with Crippen LogP contribution in [0.2, 0.25) is 0 Å². The molecule has 9 heteroatoms. The van der Waals surface area contributed by atoms with Crippen molar-refractivity contribution in [2.24, 2.45) is 0 Å². The number of nitrogens with one attached hydrogen (secondary N) is 1. The molecule has 0 unspecified atom stereocenters. The molecule has 0 radical (unpaired) electrons. The number of fused-ring (bicyclic) bond motifs is 1. The Morgan fingerprint density at radius 2 is 1.96 bits per heavy atom. The normalized spacial score (nSPS) is 12.0. The zero-order valence-electron chi connectivity index (χ0n) is 14.8. The number of halogens is 2. The number of amides is 1. The van der Waals surface area contributed by atoms with Gasteiger partial charge in [0.25, 0.3) is 5.91 Å². The SMILES string of the molecule is C[C@@H](OC(=O)CCn1c(=O)oc2ccccc21)C(=O)Nc1cc(F)ccc1F. The minimum Gasteiger partial charge on any atom is -0.452 e. The van der Waals surface area contributed by atoms with Crippen LogP contribution in [0.1, 0.15) is 13.3 Å². The maximum atomic E-state index is 13.6. The predicted octanol–water partition coefficient (Wildman–Crippen LogP) is 2.83. The van der Waals surface area contributed by atoms with E-state index in [1.54, 1.807) is 24.3 Å². The third-order valence-corrected chi connectivity index (χ3v) is 3.98. The minimum absolute atomic E-state index is 0.00153. The van der Waals surface area contributed by atoms with Gasteiger partial charge in [-0.1, -0.05) is 12.1 Å². The molecule has 0 aliphatic carbocycles. The maximum Gasteiger partial charge on any atom is 0.419 e. The lowest BCUT2D eigenvalue weighted by molar-refractivity contribution is -0.153. The van der Waals surface area contributed by atoms with Crippen LogP contribution in [0.5, 0.6) is 0 Å². The Labute approximate surface area is 157 Å². The summed E-state index contributed by atoms with van der Waals surface area (Å²) < 4.78 is 38.1. The van der Waals surface area contributed by atoms with E-state index in [-0.39, 0.29) is 18.7 Å². The molecular formula is C19H16F2N2O5. The Hall–Kier alpha value is -3.49. The fourth-order valence-corrected chi connectivity index (χ4v) is 2.57. The summed E-state index contributed by atoms with van der Waals surface area (Å²) in [7, 11) is 0. The summed E-state index contributed by atoms with van der Waals surface area (Å²) >= 11 is 0. The number of para-hydroxylation sites is 2. The first-order valence-electron chi connectivity index (χ1n) is 8.39. The second-order valence-corrected chi connectivity index (χ2v) is 5.98. The van der Waals surface area contributed by atoms with Gasteiger partial charge < -0.3 is 14.5 Å². The summed E-state index contributed by atoms with van der Waals surface area (Å²) in [5.74, 6) is -3.71. The first-order valence-corrected chi connectivity index (χ1v) is 8.39. The van der Waals surface area contributed by atoms with Crippen LogP contribution in [0.15, 0.2) is 51.7 Å². The van der Waals surface area contributed by atoms with Crippen molar-refractivity contribution in [3.8, 4) is 0 Å². The van der Waals surface area contributed by atoms with E-state index < -0.39 is 35.4 Å². The number of benzene rings is 2. The van der Waals surface area contributed by atoms with Crippen LogP contribution in [0, 0.1) is 11.6 Å². The van der Waals surface area contributed by atoms with Crippen LogP contribution in [0.3, 0.4) is 0 Å². The van der Waals surface area contributed by atoms with Crippen LogP contribution < -0.4 is 11.1 Å². The molecule has 1 aromatic heterocycles. The van der Waals surface area contributed by atoms with Crippen LogP contribution in [0.4, 0.5) is 14.5 Å². The number of aromatic nitrogens is 1. The molecule has 0 aliphatic rings. The summed E-state index contributed by atoms with van der Waals surface area (Å²) in [5, 5.41) is 2.16. The van der Waals surface area contributed by atoms with E-state index in [2.05, 4.69) is 5.32 Å². The van der Waals surface area contributed by atoms with Gasteiger partial charge in [-0.3, -0.25) is 14.2 Å². The quantitative estimate of drug-likeness (QED) is 0.654. The van der Waals surface area contributed by atoms with Gasteiger partial charge in [0.2, 0.25) is 0 Å². The first-order chi connectivity index (χ1) is 13.3. The van der Waals surface area contributed by atoms with Crippen molar-refractivity contribution in [2.75, 3.05) is 5.32 Å². The number of esters is 1. The van der Waals surface area contributed by atoms with Gasteiger partial charge in [0.05, 0.1) is 17.6 Å². The van der Waals surface area contributed by atoms with E-state index >= 15 is 0 Å². The second-order valence-electron chi connectivity index (χ2n) is 5.98. The van der Waals surface area contributed by atoms with E-state index in [0.29, 0.717) is 11.1 Å². The highest BCUT2D eigenvalue weighted by molar-refractivity contribution is 5.95.